The first-order valence-electron chi connectivity index (χ1n) is 10.7. The van der Waals surface area contributed by atoms with Crippen LogP contribution in [0.1, 0.15) is 21.7 Å². The van der Waals surface area contributed by atoms with Crippen molar-refractivity contribution in [2.24, 2.45) is 5.14 Å². The number of halogens is 5. The molecule has 0 aliphatic heterocycles. The number of hydrogen-bond acceptors (Lipinski definition) is 5. The molecule has 4 rings (SSSR count). The van der Waals surface area contributed by atoms with Crippen molar-refractivity contribution in [3.05, 3.63) is 95.6 Å². The van der Waals surface area contributed by atoms with Crippen LogP contribution in [0.3, 0.4) is 0 Å². The second kappa shape index (κ2) is 10.5. The molecule has 4 aromatic rings. The van der Waals surface area contributed by atoms with Crippen LogP contribution in [0.25, 0.3) is 16.8 Å². The van der Waals surface area contributed by atoms with Crippen LogP contribution in [0.15, 0.2) is 77.7 Å². The van der Waals surface area contributed by atoms with E-state index in [-0.39, 0.29) is 33.9 Å². The van der Waals surface area contributed by atoms with Crippen LogP contribution < -0.4 is 15.3 Å². The summed E-state index contributed by atoms with van der Waals surface area (Å²) in [7, 11) is -4.11. The molecular formula is C24H18ClF4N5O3S. The molecule has 0 aliphatic carbocycles. The summed E-state index contributed by atoms with van der Waals surface area (Å²) in [5, 5.41) is 11.0. The Kier molecular flexibility index (Phi) is 7.56. The number of rotatable bonds is 7. The number of nitrogens with zero attached hydrogens (tertiary/aromatic N) is 2. The summed E-state index contributed by atoms with van der Waals surface area (Å²) in [5.74, 6) is -2.03. The van der Waals surface area contributed by atoms with Gasteiger partial charge in [-0.3, -0.25) is 4.79 Å². The molecule has 198 valence electrons. The van der Waals surface area contributed by atoms with Crippen LogP contribution in [0.2, 0.25) is 0 Å². The minimum absolute atomic E-state index is 0.131. The first-order chi connectivity index (χ1) is 17.9. The number of amides is 1. The molecule has 0 fully saturated rings. The van der Waals surface area contributed by atoms with Crippen LogP contribution in [0.5, 0.6) is 0 Å². The lowest BCUT2D eigenvalue weighted by molar-refractivity contribution is -0.141. The highest BCUT2D eigenvalue weighted by Crippen LogP contribution is 2.32. The molecule has 0 saturated carbocycles. The number of benzene rings is 3. The van der Waals surface area contributed by atoms with Crippen molar-refractivity contribution in [2.45, 2.75) is 17.6 Å². The predicted octanol–water partition coefficient (Wildman–Crippen LogP) is 4.84. The van der Waals surface area contributed by atoms with Crippen LogP contribution in [0.4, 0.5) is 23.2 Å². The van der Waals surface area contributed by atoms with E-state index in [9.17, 15) is 30.8 Å². The molecule has 8 nitrogen and oxygen atoms in total. The fourth-order valence-electron chi connectivity index (χ4n) is 3.68. The molecule has 4 N–H and O–H groups in total. The summed E-state index contributed by atoms with van der Waals surface area (Å²) >= 11 is 5.51. The monoisotopic (exact) mass is 567 g/mol. The van der Waals surface area contributed by atoms with E-state index in [0.717, 1.165) is 16.8 Å². The molecule has 3 aromatic carbocycles. The number of carbonyl (C=O) groups is 1. The summed E-state index contributed by atoms with van der Waals surface area (Å²) in [6, 6.07) is 15.8. The van der Waals surface area contributed by atoms with Crippen LogP contribution in [0, 0.1) is 5.82 Å². The number of hydrogen-bond donors (Lipinski definition) is 3. The Morgan fingerprint density at radius 1 is 1.03 bits per heavy atom. The molecule has 14 heteroatoms. The van der Waals surface area contributed by atoms with Gasteiger partial charge in [-0.25, -0.2) is 27.5 Å². The summed E-state index contributed by atoms with van der Waals surface area (Å²) < 4.78 is 79.8. The zero-order valence-corrected chi connectivity index (χ0v) is 20.7. The first kappa shape index (κ1) is 27.3. The van der Waals surface area contributed by atoms with Crippen molar-refractivity contribution in [3.8, 4) is 16.8 Å². The molecule has 1 heterocycles. The number of nitrogens with two attached hydrogens (primary N) is 1. The topological polar surface area (TPSA) is 119 Å². The number of carbonyl (C=O) groups excluding carboxylic acids is 1. The van der Waals surface area contributed by atoms with Gasteiger partial charge in [-0.2, -0.15) is 18.3 Å². The van der Waals surface area contributed by atoms with Gasteiger partial charge in [0, 0.05) is 18.2 Å². The standard InChI is InChI=1S/C24H18ClF4N5O3S/c25-31-13-14-4-3-5-16(10-14)34-20(12-22(33-34)24(27,28)29)23(35)32-19-9-8-15(11-18(19)26)17-6-1-2-7-21(17)38(30,36)37/h1-12,31H,13H2,(H,32,35)(H2,30,36,37). The minimum atomic E-state index is -4.85. The average molecular weight is 568 g/mol. The molecule has 0 atom stereocenters. The molecular weight excluding hydrogens is 550 g/mol. The van der Waals surface area contributed by atoms with Crippen molar-refractivity contribution < 1.29 is 30.8 Å². The van der Waals surface area contributed by atoms with Gasteiger partial charge >= 0.3 is 6.18 Å². The number of anilines is 1. The van der Waals surface area contributed by atoms with Gasteiger partial charge in [0.2, 0.25) is 10.0 Å². The highest BCUT2D eigenvalue weighted by Gasteiger charge is 2.36. The molecule has 0 aliphatic rings. The van der Waals surface area contributed by atoms with Gasteiger partial charge in [-0.1, -0.05) is 36.4 Å². The van der Waals surface area contributed by atoms with Crippen molar-refractivity contribution in [1.82, 2.24) is 14.6 Å². The Morgan fingerprint density at radius 3 is 2.42 bits per heavy atom. The second-order valence-electron chi connectivity index (χ2n) is 7.99. The fourth-order valence-corrected chi connectivity index (χ4v) is 4.59. The van der Waals surface area contributed by atoms with Gasteiger partial charge in [0.05, 0.1) is 16.3 Å². The highest BCUT2D eigenvalue weighted by atomic mass is 35.5. The molecule has 0 saturated heterocycles. The van der Waals surface area contributed by atoms with Crippen molar-refractivity contribution in [3.63, 3.8) is 0 Å². The third-order valence-electron chi connectivity index (χ3n) is 5.38. The van der Waals surface area contributed by atoms with Gasteiger partial charge in [0.15, 0.2) is 5.69 Å². The Balaban J connectivity index is 1.70. The van der Waals surface area contributed by atoms with Gasteiger partial charge in [0.1, 0.15) is 11.5 Å². The average Bonchev–Trinajstić information content (AvgIpc) is 3.32. The smallest absolute Gasteiger partial charge is 0.318 e. The zero-order chi connectivity index (χ0) is 27.7. The number of nitrogens with one attached hydrogen (secondary N) is 2. The van der Waals surface area contributed by atoms with E-state index in [2.05, 4.69) is 15.3 Å². The number of alkyl halides is 3. The lowest BCUT2D eigenvalue weighted by atomic mass is 10.0. The normalized spacial score (nSPS) is 11.9. The zero-order valence-electron chi connectivity index (χ0n) is 19.1. The predicted molar refractivity (Wildman–Crippen MR) is 132 cm³/mol. The minimum Gasteiger partial charge on any atom is -0.318 e. The van der Waals surface area contributed by atoms with E-state index in [1.807, 2.05) is 0 Å². The largest absolute Gasteiger partial charge is 0.435 e. The Morgan fingerprint density at radius 2 is 1.76 bits per heavy atom. The summed E-state index contributed by atoms with van der Waals surface area (Å²) in [6.07, 6.45) is -4.85. The highest BCUT2D eigenvalue weighted by molar-refractivity contribution is 7.89. The fraction of sp³-hybridized carbons (Fsp3) is 0.0833. The summed E-state index contributed by atoms with van der Waals surface area (Å²) in [5.41, 5.74) is -1.14. The van der Waals surface area contributed by atoms with E-state index in [1.165, 1.54) is 42.5 Å². The van der Waals surface area contributed by atoms with E-state index < -0.39 is 39.3 Å². The SMILES string of the molecule is NS(=O)(=O)c1ccccc1-c1ccc(NC(=O)c2cc(C(F)(F)F)nn2-c2cccc(CNCl)c2)c(F)c1. The number of sulfonamides is 1. The Hall–Kier alpha value is -3.78. The van der Waals surface area contributed by atoms with Gasteiger partial charge in [0.25, 0.3) is 5.91 Å². The van der Waals surface area contributed by atoms with E-state index in [1.54, 1.807) is 12.1 Å². The molecule has 0 bridgehead atoms. The molecule has 1 aromatic heterocycles. The van der Waals surface area contributed by atoms with Crippen LogP contribution >= 0.6 is 11.8 Å². The molecule has 1 amide bonds. The number of aromatic nitrogens is 2. The van der Waals surface area contributed by atoms with Crippen molar-refractivity contribution in [2.75, 3.05) is 5.32 Å². The summed E-state index contributed by atoms with van der Waals surface area (Å²) in [6.45, 7) is 0.191. The summed E-state index contributed by atoms with van der Waals surface area (Å²) in [4.78, 5) is 15.2. The number of primary sulfonamides is 1. The second-order valence-corrected chi connectivity index (χ2v) is 9.79. The van der Waals surface area contributed by atoms with Crippen LogP contribution in [-0.4, -0.2) is 24.1 Å². The molecule has 38 heavy (non-hydrogen) atoms. The van der Waals surface area contributed by atoms with E-state index in [4.69, 9.17) is 16.9 Å². The lowest BCUT2D eigenvalue weighted by Crippen LogP contribution is -2.18. The third-order valence-corrected chi connectivity index (χ3v) is 6.48. The Bertz CT molecular complexity index is 1620. The van der Waals surface area contributed by atoms with E-state index >= 15 is 0 Å². The Labute approximate surface area is 219 Å². The van der Waals surface area contributed by atoms with E-state index in [0.29, 0.717) is 11.6 Å². The van der Waals surface area contributed by atoms with Gasteiger partial charge < -0.3 is 5.32 Å². The molecule has 0 unspecified atom stereocenters. The maximum atomic E-state index is 15.0. The van der Waals surface area contributed by atoms with Crippen molar-refractivity contribution >= 4 is 33.4 Å². The lowest BCUT2D eigenvalue weighted by Gasteiger charge is -2.12. The third kappa shape index (κ3) is 5.86. The molecule has 0 spiro atoms. The van der Waals surface area contributed by atoms with Gasteiger partial charge in [-0.05, 0) is 53.2 Å². The van der Waals surface area contributed by atoms with Gasteiger partial charge in [-0.15, -0.1) is 0 Å². The quantitative estimate of drug-likeness (QED) is 0.218. The molecule has 0 radical (unpaired) electrons. The van der Waals surface area contributed by atoms with Crippen LogP contribution in [-0.2, 0) is 22.7 Å². The maximum absolute atomic E-state index is 15.0. The maximum Gasteiger partial charge on any atom is 0.435 e. The first-order valence-corrected chi connectivity index (χ1v) is 12.6. The van der Waals surface area contributed by atoms with Crippen molar-refractivity contribution in [1.29, 1.82) is 0 Å².